The van der Waals surface area contributed by atoms with Crippen molar-refractivity contribution in [1.82, 2.24) is 0 Å². The minimum Gasteiger partial charge on any atom is -0.394 e. The van der Waals surface area contributed by atoms with Crippen LogP contribution in [0.25, 0.3) is 0 Å². The van der Waals surface area contributed by atoms with Crippen molar-refractivity contribution in [2.24, 2.45) is 5.73 Å². The normalized spacial score (nSPS) is 15.1. The van der Waals surface area contributed by atoms with Crippen LogP contribution in [0.1, 0.15) is 13.3 Å². The van der Waals surface area contributed by atoms with Gasteiger partial charge in [-0.15, -0.1) is 0 Å². The van der Waals surface area contributed by atoms with Crippen LogP contribution >= 0.6 is 0 Å². The molecule has 0 bridgehead atoms. The number of aliphatic hydroxyl groups is 1. The van der Waals surface area contributed by atoms with Crippen LogP contribution in [0.3, 0.4) is 0 Å². The number of hydrogen-bond donors (Lipinski definition) is 2. The van der Waals surface area contributed by atoms with Crippen LogP contribution in [0, 0.1) is 0 Å². The summed E-state index contributed by atoms with van der Waals surface area (Å²) in [6.45, 7) is 2.97. The maximum atomic E-state index is 9.99. The van der Waals surface area contributed by atoms with Crippen LogP contribution in [-0.4, -0.2) is 50.0 Å². The zero-order valence-corrected chi connectivity index (χ0v) is 8.57. The van der Waals surface area contributed by atoms with Gasteiger partial charge in [-0.2, -0.15) is 0 Å². The zero-order valence-electron chi connectivity index (χ0n) is 8.57. The lowest BCUT2D eigenvalue weighted by Crippen LogP contribution is -2.52. The van der Waals surface area contributed by atoms with Crippen LogP contribution in [-0.2, 0) is 14.3 Å². The Morgan fingerprint density at radius 1 is 1.43 bits per heavy atom. The highest BCUT2D eigenvalue weighted by molar-refractivity contribution is 5.49. The van der Waals surface area contributed by atoms with Crippen LogP contribution in [0.4, 0.5) is 0 Å². The largest absolute Gasteiger partial charge is 0.394 e. The molecular formula is C9H19NO4. The molecule has 0 saturated heterocycles. The molecule has 0 aliphatic carbocycles. The molecule has 0 aliphatic heterocycles. The van der Waals surface area contributed by atoms with Gasteiger partial charge in [0, 0.05) is 13.0 Å². The molecule has 0 aromatic rings. The van der Waals surface area contributed by atoms with E-state index >= 15 is 0 Å². The molecule has 0 radical (unpaired) electrons. The number of rotatable bonds is 9. The Kier molecular flexibility index (Phi) is 7.60. The van der Waals surface area contributed by atoms with Crippen molar-refractivity contribution in [3.63, 3.8) is 0 Å². The van der Waals surface area contributed by atoms with Crippen molar-refractivity contribution in [2.45, 2.75) is 18.9 Å². The quantitative estimate of drug-likeness (QED) is 0.385. The lowest BCUT2D eigenvalue weighted by atomic mass is 10.1. The summed E-state index contributed by atoms with van der Waals surface area (Å²) >= 11 is 0. The first-order valence-electron chi connectivity index (χ1n) is 4.67. The number of carbonyl (C=O) groups excluding carboxylic acids is 1. The second-order valence-electron chi connectivity index (χ2n) is 3.17. The highest BCUT2D eigenvalue weighted by Gasteiger charge is 2.24. The topological polar surface area (TPSA) is 81.8 Å². The first kappa shape index (κ1) is 13.5. The molecular weight excluding hydrogens is 186 g/mol. The summed E-state index contributed by atoms with van der Waals surface area (Å²) in [7, 11) is 0. The van der Waals surface area contributed by atoms with E-state index in [2.05, 4.69) is 0 Å². The Morgan fingerprint density at radius 3 is 2.57 bits per heavy atom. The lowest BCUT2D eigenvalue weighted by Gasteiger charge is -2.26. The number of carbonyl (C=O) groups is 1. The van der Waals surface area contributed by atoms with Gasteiger partial charge >= 0.3 is 0 Å². The predicted molar refractivity (Wildman–Crippen MR) is 52.0 cm³/mol. The molecule has 1 unspecified atom stereocenters. The van der Waals surface area contributed by atoms with Gasteiger partial charge in [0.15, 0.2) is 0 Å². The number of aldehydes is 1. The van der Waals surface area contributed by atoms with Gasteiger partial charge in [0.25, 0.3) is 0 Å². The fourth-order valence-corrected chi connectivity index (χ4v) is 0.845. The van der Waals surface area contributed by atoms with Gasteiger partial charge in [-0.25, -0.2) is 0 Å². The van der Waals surface area contributed by atoms with Crippen molar-refractivity contribution in [3.8, 4) is 0 Å². The maximum absolute atomic E-state index is 9.99. The Morgan fingerprint density at radius 2 is 2.07 bits per heavy atom. The average molecular weight is 205 g/mol. The molecule has 14 heavy (non-hydrogen) atoms. The fourth-order valence-electron chi connectivity index (χ4n) is 0.845. The van der Waals surface area contributed by atoms with Gasteiger partial charge in [0.1, 0.15) is 6.29 Å². The summed E-state index contributed by atoms with van der Waals surface area (Å²) in [6.07, 6.45) is 1.12. The smallest absolute Gasteiger partial charge is 0.122 e. The molecule has 0 amide bonds. The van der Waals surface area contributed by atoms with Gasteiger partial charge in [-0.1, -0.05) is 0 Å². The predicted octanol–water partition coefficient (Wildman–Crippen LogP) is -0.682. The Balaban J connectivity index is 3.68. The summed E-state index contributed by atoms with van der Waals surface area (Å²) in [5, 5.41) is 9.01. The van der Waals surface area contributed by atoms with Crippen LogP contribution in [0.15, 0.2) is 0 Å². The molecule has 0 aromatic heterocycles. The van der Waals surface area contributed by atoms with E-state index in [9.17, 15) is 4.79 Å². The van der Waals surface area contributed by atoms with Crippen molar-refractivity contribution in [3.05, 3.63) is 0 Å². The number of aliphatic hydroxyl groups excluding tert-OH is 1. The van der Waals surface area contributed by atoms with Crippen LogP contribution < -0.4 is 5.73 Å². The molecule has 5 nitrogen and oxygen atoms in total. The first-order chi connectivity index (χ1) is 6.68. The minimum atomic E-state index is -0.862. The molecule has 3 N–H and O–H groups in total. The van der Waals surface area contributed by atoms with Gasteiger partial charge in [-0.3, -0.25) is 0 Å². The molecule has 84 valence electrons. The van der Waals surface area contributed by atoms with E-state index in [0.29, 0.717) is 19.6 Å². The third-order valence-electron chi connectivity index (χ3n) is 1.68. The van der Waals surface area contributed by atoms with Crippen molar-refractivity contribution in [1.29, 1.82) is 0 Å². The molecule has 0 aliphatic rings. The van der Waals surface area contributed by atoms with E-state index in [-0.39, 0.29) is 19.8 Å². The van der Waals surface area contributed by atoms with Gasteiger partial charge < -0.3 is 25.1 Å². The third-order valence-corrected chi connectivity index (χ3v) is 1.68. The minimum absolute atomic E-state index is 0.192. The summed E-state index contributed by atoms with van der Waals surface area (Å²) in [5.41, 5.74) is 4.92. The molecule has 1 atom stereocenters. The fraction of sp³-hybridized carbons (Fsp3) is 0.889. The van der Waals surface area contributed by atoms with E-state index in [4.69, 9.17) is 20.3 Å². The second kappa shape index (κ2) is 7.87. The third kappa shape index (κ3) is 6.04. The molecule has 0 spiro atoms. The van der Waals surface area contributed by atoms with Gasteiger partial charge in [0.05, 0.1) is 32.0 Å². The van der Waals surface area contributed by atoms with Crippen LogP contribution in [0.2, 0.25) is 0 Å². The number of nitrogens with two attached hydrogens (primary N) is 1. The average Bonchev–Trinajstić information content (AvgIpc) is 2.22. The molecule has 0 heterocycles. The van der Waals surface area contributed by atoms with E-state index in [1.54, 1.807) is 0 Å². The van der Waals surface area contributed by atoms with E-state index < -0.39 is 5.54 Å². The summed E-state index contributed by atoms with van der Waals surface area (Å²) in [4.78, 5) is 9.99. The highest BCUT2D eigenvalue weighted by Crippen LogP contribution is 2.01. The number of ether oxygens (including phenoxy) is 2. The van der Waals surface area contributed by atoms with Crippen molar-refractivity contribution in [2.75, 3.05) is 33.0 Å². The van der Waals surface area contributed by atoms with Gasteiger partial charge in [0.2, 0.25) is 0 Å². The summed E-state index contributed by atoms with van der Waals surface area (Å²) in [5.74, 6) is 0. The second-order valence-corrected chi connectivity index (χ2v) is 3.17. The molecule has 0 saturated carbocycles. The maximum Gasteiger partial charge on any atom is 0.122 e. The molecule has 0 aromatic carbocycles. The number of hydrogen-bond acceptors (Lipinski definition) is 5. The van der Waals surface area contributed by atoms with E-state index in [0.717, 1.165) is 6.29 Å². The highest BCUT2D eigenvalue weighted by atomic mass is 16.5. The van der Waals surface area contributed by atoms with Crippen molar-refractivity contribution < 1.29 is 19.4 Å². The van der Waals surface area contributed by atoms with E-state index in [1.807, 2.05) is 6.92 Å². The molecule has 0 rings (SSSR count). The Bertz CT molecular complexity index is 154. The standard InChI is InChI=1S/C9H19NO4/c1-2-13-7-9(10,6-12)8-14-5-3-4-11/h4,12H,2-3,5-8,10H2,1H3. The summed E-state index contributed by atoms with van der Waals surface area (Å²) in [6, 6.07) is 0. The molecule has 0 fully saturated rings. The molecule has 5 heteroatoms. The van der Waals surface area contributed by atoms with Crippen molar-refractivity contribution >= 4 is 6.29 Å². The summed E-state index contributed by atoms with van der Waals surface area (Å²) < 4.78 is 10.2. The van der Waals surface area contributed by atoms with Crippen LogP contribution in [0.5, 0.6) is 0 Å². The van der Waals surface area contributed by atoms with E-state index in [1.165, 1.54) is 0 Å². The monoisotopic (exact) mass is 205 g/mol. The van der Waals surface area contributed by atoms with Gasteiger partial charge in [-0.05, 0) is 6.92 Å². The zero-order chi connectivity index (χ0) is 10.9. The Hall–Kier alpha value is -0.490. The SMILES string of the molecule is CCOCC(N)(CO)COCCC=O. The Labute approximate surface area is 84.2 Å². The first-order valence-corrected chi connectivity index (χ1v) is 4.67. The lowest BCUT2D eigenvalue weighted by molar-refractivity contribution is -0.109.